The molecule has 0 bridgehead atoms. The molecule has 0 saturated carbocycles. The zero-order valence-electron chi connectivity index (χ0n) is 16.5. The van der Waals surface area contributed by atoms with Gasteiger partial charge in [0.15, 0.2) is 0 Å². The lowest BCUT2D eigenvalue weighted by Gasteiger charge is -2.42. The second kappa shape index (κ2) is 9.40. The van der Waals surface area contributed by atoms with Gasteiger partial charge in [0.2, 0.25) is 5.91 Å². The average Bonchev–Trinajstić information content (AvgIpc) is 3.16. The van der Waals surface area contributed by atoms with E-state index >= 15 is 0 Å². The number of ether oxygens (including phenoxy) is 2. The van der Waals surface area contributed by atoms with Crippen LogP contribution in [-0.2, 0) is 20.7 Å². The van der Waals surface area contributed by atoms with Gasteiger partial charge in [0.25, 0.3) is 0 Å². The Morgan fingerprint density at radius 3 is 2.81 bits per heavy atom. The molecule has 2 aliphatic rings. The van der Waals surface area contributed by atoms with Gasteiger partial charge in [0.1, 0.15) is 0 Å². The predicted molar refractivity (Wildman–Crippen MR) is 108 cm³/mol. The summed E-state index contributed by atoms with van der Waals surface area (Å²) in [6, 6.07) is 7.98. The maximum atomic E-state index is 12.8. The van der Waals surface area contributed by atoms with Crippen LogP contribution in [0.25, 0.3) is 0 Å². The summed E-state index contributed by atoms with van der Waals surface area (Å²) in [6.45, 7) is 6.50. The van der Waals surface area contributed by atoms with Crippen LogP contribution in [0.2, 0.25) is 5.02 Å². The van der Waals surface area contributed by atoms with E-state index in [0.29, 0.717) is 25.5 Å². The summed E-state index contributed by atoms with van der Waals surface area (Å²) >= 11 is 6.44. The number of hydrogen-bond donors (Lipinski definition) is 1. The number of amides is 1. The van der Waals surface area contributed by atoms with E-state index in [0.717, 1.165) is 49.3 Å². The van der Waals surface area contributed by atoms with E-state index in [2.05, 4.69) is 25.2 Å². The van der Waals surface area contributed by atoms with Crippen molar-refractivity contribution in [2.45, 2.75) is 64.6 Å². The van der Waals surface area contributed by atoms with Gasteiger partial charge in [-0.1, -0.05) is 43.6 Å². The third kappa shape index (κ3) is 5.69. The fourth-order valence-electron chi connectivity index (χ4n) is 4.31. The topological polar surface area (TPSA) is 47.6 Å². The molecule has 1 amide bonds. The Kier molecular flexibility index (Phi) is 7.18. The van der Waals surface area contributed by atoms with Crippen molar-refractivity contribution in [2.75, 3.05) is 19.8 Å². The number of carbonyl (C=O) groups excluding carboxylic acids is 1. The van der Waals surface area contributed by atoms with Gasteiger partial charge >= 0.3 is 0 Å². The Morgan fingerprint density at radius 2 is 2.11 bits per heavy atom. The van der Waals surface area contributed by atoms with Crippen LogP contribution in [0.15, 0.2) is 24.3 Å². The molecule has 2 aliphatic heterocycles. The summed E-state index contributed by atoms with van der Waals surface area (Å²) in [4.78, 5) is 12.8. The standard InChI is InChI=1S/C22H32ClNO3/c1-16(2)20-13-22(9-11-27-20,12-17-6-3-4-8-19(17)23)14-21(25)24-15-18-7-5-10-26-18/h3-4,6,8,16,18,20H,5,7,9-15H2,1-2H3,(H,24,25)/t18-,20+,22-/m0/s1. The fraction of sp³-hybridized carbons (Fsp3) is 0.682. The molecule has 1 aromatic rings. The van der Waals surface area contributed by atoms with E-state index < -0.39 is 0 Å². The Labute approximate surface area is 168 Å². The molecule has 2 fully saturated rings. The lowest BCUT2D eigenvalue weighted by atomic mass is 9.69. The highest BCUT2D eigenvalue weighted by atomic mass is 35.5. The molecule has 3 rings (SSSR count). The molecule has 2 heterocycles. The highest BCUT2D eigenvalue weighted by molar-refractivity contribution is 6.31. The van der Waals surface area contributed by atoms with Gasteiger partial charge in [-0.05, 0) is 55.1 Å². The molecular formula is C22H32ClNO3. The molecule has 5 heteroatoms. The Hall–Kier alpha value is -1.10. The van der Waals surface area contributed by atoms with Crippen LogP contribution in [0.1, 0.15) is 51.5 Å². The minimum Gasteiger partial charge on any atom is -0.378 e. The van der Waals surface area contributed by atoms with Crippen molar-refractivity contribution in [3.05, 3.63) is 34.9 Å². The van der Waals surface area contributed by atoms with Crippen LogP contribution in [-0.4, -0.2) is 37.9 Å². The molecule has 4 nitrogen and oxygen atoms in total. The Bertz CT molecular complexity index is 630. The lowest BCUT2D eigenvalue weighted by Crippen LogP contribution is -2.43. The first kappa shape index (κ1) is 20.6. The first-order valence-corrected chi connectivity index (χ1v) is 10.6. The second-order valence-electron chi connectivity index (χ2n) is 8.49. The Morgan fingerprint density at radius 1 is 1.30 bits per heavy atom. The van der Waals surface area contributed by atoms with Crippen molar-refractivity contribution in [1.82, 2.24) is 5.32 Å². The maximum absolute atomic E-state index is 12.8. The summed E-state index contributed by atoms with van der Waals surface area (Å²) in [6.07, 6.45) is 5.58. The normalized spacial score (nSPS) is 28.4. The number of nitrogens with one attached hydrogen (secondary N) is 1. The molecule has 3 atom stereocenters. The molecule has 0 aromatic heterocycles. The Balaban J connectivity index is 1.70. The monoisotopic (exact) mass is 393 g/mol. The molecule has 0 aliphatic carbocycles. The van der Waals surface area contributed by atoms with E-state index in [-0.39, 0.29) is 23.5 Å². The minimum absolute atomic E-state index is 0.112. The van der Waals surface area contributed by atoms with Gasteiger partial charge in [-0.15, -0.1) is 0 Å². The molecule has 0 spiro atoms. The molecule has 0 radical (unpaired) electrons. The molecule has 27 heavy (non-hydrogen) atoms. The molecule has 1 aromatic carbocycles. The number of benzene rings is 1. The van der Waals surface area contributed by atoms with Gasteiger partial charge in [0, 0.05) is 31.2 Å². The van der Waals surface area contributed by atoms with Crippen molar-refractivity contribution in [2.24, 2.45) is 11.3 Å². The highest BCUT2D eigenvalue weighted by Gasteiger charge is 2.40. The fourth-order valence-corrected chi connectivity index (χ4v) is 4.51. The second-order valence-corrected chi connectivity index (χ2v) is 8.90. The SMILES string of the molecule is CC(C)[C@H]1C[C@@](CC(=O)NC[C@@H]2CCCO2)(Cc2ccccc2Cl)CCO1. The van der Waals surface area contributed by atoms with E-state index in [4.69, 9.17) is 21.1 Å². The zero-order chi connectivity index (χ0) is 19.3. The average molecular weight is 394 g/mol. The van der Waals surface area contributed by atoms with E-state index in [1.807, 2.05) is 18.2 Å². The summed E-state index contributed by atoms with van der Waals surface area (Å²) in [5.74, 6) is 0.549. The van der Waals surface area contributed by atoms with Crippen LogP contribution in [0.4, 0.5) is 0 Å². The quantitative estimate of drug-likeness (QED) is 0.747. The van der Waals surface area contributed by atoms with Gasteiger partial charge < -0.3 is 14.8 Å². The molecule has 0 unspecified atom stereocenters. The highest BCUT2D eigenvalue weighted by Crippen LogP contribution is 2.42. The van der Waals surface area contributed by atoms with Gasteiger partial charge in [-0.2, -0.15) is 0 Å². The number of rotatable bonds is 7. The smallest absolute Gasteiger partial charge is 0.220 e. The largest absolute Gasteiger partial charge is 0.378 e. The zero-order valence-corrected chi connectivity index (χ0v) is 17.3. The van der Waals surface area contributed by atoms with Crippen molar-refractivity contribution in [3.8, 4) is 0 Å². The van der Waals surface area contributed by atoms with Gasteiger partial charge in [-0.25, -0.2) is 0 Å². The van der Waals surface area contributed by atoms with Crippen LogP contribution in [0, 0.1) is 11.3 Å². The number of halogens is 1. The predicted octanol–water partition coefficient (Wildman–Crippen LogP) is 4.39. The van der Waals surface area contributed by atoms with Crippen molar-refractivity contribution in [3.63, 3.8) is 0 Å². The molecule has 2 saturated heterocycles. The van der Waals surface area contributed by atoms with Crippen LogP contribution < -0.4 is 5.32 Å². The molecular weight excluding hydrogens is 362 g/mol. The van der Waals surface area contributed by atoms with Crippen molar-refractivity contribution >= 4 is 17.5 Å². The van der Waals surface area contributed by atoms with Gasteiger partial charge in [0.05, 0.1) is 12.2 Å². The molecule has 150 valence electrons. The van der Waals surface area contributed by atoms with Crippen LogP contribution >= 0.6 is 11.6 Å². The van der Waals surface area contributed by atoms with E-state index in [1.165, 1.54) is 0 Å². The third-order valence-corrected chi connectivity index (χ3v) is 6.32. The van der Waals surface area contributed by atoms with E-state index in [9.17, 15) is 4.79 Å². The summed E-state index contributed by atoms with van der Waals surface area (Å²) in [5.41, 5.74) is 1.01. The lowest BCUT2D eigenvalue weighted by molar-refractivity contribution is -0.128. The van der Waals surface area contributed by atoms with Crippen molar-refractivity contribution in [1.29, 1.82) is 0 Å². The summed E-state index contributed by atoms with van der Waals surface area (Å²) in [7, 11) is 0. The summed E-state index contributed by atoms with van der Waals surface area (Å²) < 4.78 is 11.6. The van der Waals surface area contributed by atoms with Crippen molar-refractivity contribution < 1.29 is 14.3 Å². The van der Waals surface area contributed by atoms with Gasteiger partial charge in [-0.3, -0.25) is 4.79 Å². The van der Waals surface area contributed by atoms with Crippen LogP contribution in [0.5, 0.6) is 0 Å². The van der Waals surface area contributed by atoms with Crippen LogP contribution in [0.3, 0.4) is 0 Å². The summed E-state index contributed by atoms with van der Waals surface area (Å²) in [5, 5.41) is 3.89. The number of hydrogen-bond acceptors (Lipinski definition) is 3. The number of carbonyl (C=O) groups is 1. The molecule has 1 N–H and O–H groups in total. The first-order chi connectivity index (χ1) is 13.0. The third-order valence-electron chi connectivity index (χ3n) is 5.95. The minimum atomic E-state index is -0.112. The maximum Gasteiger partial charge on any atom is 0.220 e. The first-order valence-electron chi connectivity index (χ1n) is 10.2. The van der Waals surface area contributed by atoms with E-state index in [1.54, 1.807) is 0 Å².